The number of carboxylic acid groups (broad SMARTS) is 1. The van der Waals surface area contributed by atoms with Gasteiger partial charge >= 0.3 is 5.97 Å². The lowest BCUT2D eigenvalue weighted by Crippen LogP contribution is -2.62. The maximum absolute atomic E-state index is 12.7. The first-order chi connectivity index (χ1) is 11.1. The number of aliphatic hydroxyl groups is 1. The number of aliphatic carboxylic acids is 1. The molecule has 4 rings (SSSR count). The van der Waals surface area contributed by atoms with Gasteiger partial charge in [-0.3, -0.25) is 9.59 Å². The van der Waals surface area contributed by atoms with Crippen LogP contribution in [0, 0.1) is 33.5 Å². The van der Waals surface area contributed by atoms with Crippen molar-refractivity contribution in [3.05, 3.63) is 0 Å². The van der Waals surface area contributed by atoms with Gasteiger partial charge in [-0.05, 0) is 62.7 Å². The van der Waals surface area contributed by atoms with Crippen LogP contribution in [0.5, 0.6) is 0 Å². The van der Waals surface area contributed by atoms with E-state index in [1.165, 1.54) is 0 Å². The molecule has 4 aliphatic rings. The molecule has 4 N–H and O–H groups in total. The van der Waals surface area contributed by atoms with Gasteiger partial charge in [0.25, 0.3) is 0 Å². The lowest BCUT2D eigenvalue weighted by Gasteiger charge is -2.64. The molecule has 0 radical (unpaired) electrons. The highest BCUT2D eigenvalue weighted by molar-refractivity contribution is 5.89. The molecule has 1 spiro atoms. The summed E-state index contributed by atoms with van der Waals surface area (Å²) in [6, 6.07) is 0. The van der Waals surface area contributed by atoms with Gasteiger partial charge in [0.1, 0.15) is 5.78 Å². The third kappa shape index (κ3) is 1.97. The molecule has 0 aromatic carbocycles. The monoisotopic (exact) mass is 352 g/mol. The van der Waals surface area contributed by atoms with Crippen molar-refractivity contribution in [2.45, 2.75) is 78.2 Å². The number of ketones is 1. The van der Waals surface area contributed by atoms with Crippen LogP contribution in [0.1, 0.15) is 72.1 Å². The van der Waals surface area contributed by atoms with Gasteiger partial charge in [-0.2, -0.15) is 0 Å². The van der Waals surface area contributed by atoms with E-state index in [1.54, 1.807) is 0 Å². The molecule has 0 heterocycles. The van der Waals surface area contributed by atoms with Gasteiger partial charge in [0.05, 0.1) is 16.9 Å². The molecule has 4 aliphatic carbocycles. The summed E-state index contributed by atoms with van der Waals surface area (Å²) >= 11 is 0. The molecule has 5 nitrogen and oxygen atoms in total. The highest BCUT2D eigenvalue weighted by Gasteiger charge is 2.72. The number of carbonyl (C=O) groups excluding carboxylic acids is 1. The summed E-state index contributed by atoms with van der Waals surface area (Å²) in [5.41, 5.74) is -1.60. The van der Waals surface area contributed by atoms with Crippen LogP contribution in [0.4, 0.5) is 0 Å². The zero-order valence-electron chi connectivity index (χ0n) is 15.6. The van der Waals surface area contributed by atoms with E-state index in [4.69, 9.17) is 0 Å². The van der Waals surface area contributed by atoms with Gasteiger partial charge in [0.15, 0.2) is 0 Å². The molecule has 4 saturated carbocycles. The molecule has 2 bridgehead atoms. The van der Waals surface area contributed by atoms with Gasteiger partial charge in [0, 0.05) is 11.8 Å². The van der Waals surface area contributed by atoms with Crippen molar-refractivity contribution in [1.29, 1.82) is 0 Å². The number of rotatable bonds is 1. The van der Waals surface area contributed by atoms with E-state index in [0.29, 0.717) is 6.42 Å². The summed E-state index contributed by atoms with van der Waals surface area (Å²) in [5, 5.41) is 21.0. The molecule has 4 fully saturated rings. The molecule has 25 heavy (non-hydrogen) atoms. The first-order valence-corrected chi connectivity index (χ1v) is 9.56. The van der Waals surface area contributed by atoms with Crippen LogP contribution < -0.4 is 0 Å². The molecule has 0 amide bonds. The highest BCUT2D eigenvalue weighted by atomic mass is 16.4. The average Bonchev–Trinajstić information content (AvgIpc) is 2.62. The van der Waals surface area contributed by atoms with E-state index < -0.39 is 22.9 Å². The van der Waals surface area contributed by atoms with E-state index in [-0.39, 0.29) is 33.9 Å². The molecular weight excluding hydrogens is 320 g/mol. The van der Waals surface area contributed by atoms with E-state index in [1.807, 2.05) is 13.8 Å². The summed E-state index contributed by atoms with van der Waals surface area (Å²) in [7, 11) is 0. The number of hydrogen-bond donors (Lipinski definition) is 2. The van der Waals surface area contributed by atoms with Crippen LogP contribution in [-0.4, -0.2) is 33.5 Å². The van der Waals surface area contributed by atoms with Crippen molar-refractivity contribution in [2.24, 2.45) is 33.5 Å². The smallest absolute Gasteiger partial charge is 0.309 e. The van der Waals surface area contributed by atoms with E-state index in [2.05, 4.69) is 6.92 Å². The van der Waals surface area contributed by atoms with Crippen molar-refractivity contribution < 1.29 is 25.3 Å². The van der Waals surface area contributed by atoms with Gasteiger partial charge < -0.3 is 15.7 Å². The normalized spacial score (nSPS) is 54.2. The first kappa shape index (κ1) is 18.8. The zero-order valence-corrected chi connectivity index (χ0v) is 15.6. The SMILES string of the molecule is C[C@@]12CCC[C@@](C)(C(=O)O)[C@H]1CC[C@@]13CC(=O)[C@@](C)(CC[C@@H]21)[C@@H]3O.O. The molecule has 7 atom stereocenters. The number of carboxylic acids is 1. The van der Waals surface area contributed by atoms with E-state index in [0.717, 1.165) is 44.9 Å². The Morgan fingerprint density at radius 3 is 2.32 bits per heavy atom. The van der Waals surface area contributed by atoms with Gasteiger partial charge in [-0.25, -0.2) is 0 Å². The predicted octanol–water partition coefficient (Wildman–Crippen LogP) is 2.59. The quantitative estimate of drug-likeness (QED) is 0.756. The van der Waals surface area contributed by atoms with Gasteiger partial charge in [-0.15, -0.1) is 0 Å². The standard InChI is InChI=1S/C20H30O4.H2O/c1-17-7-4-8-18(2,16(23)24)12(17)6-10-20-11-14(21)19(3,15(20)22)9-5-13(17)20;/h12-13,15,22H,4-11H2,1-3H3,(H,23,24);1H2/t12-,13-,15-,17+,18+,19+,20+;/m0./s1. The van der Waals surface area contributed by atoms with Crippen LogP contribution >= 0.6 is 0 Å². The largest absolute Gasteiger partial charge is 0.481 e. The predicted molar refractivity (Wildman–Crippen MR) is 92.9 cm³/mol. The molecule has 142 valence electrons. The van der Waals surface area contributed by atoms with Crippen LogP contribution in [0.25, 0.3) is 0 Å². The minimum absolute atomic E-state index is 0. The summed E-state index contributed by atoms with van der Waals surface area (Å²) in [6.07, 6.45) is 6.02. The number of hydrogen-bond acceptors (Lipinski definition) is 3. The fourth-order valence-corrected chi connectivity index (χ4v) is 7.74. The maximum atomic E-state index is 12.7. The summed E-state index contributed by atoms with van der Waals surface area (Å²) in [6.45, 7) is 6.14. The van der Waals surface area contributed by atoms with Gasteiger partial charge in [0.2, 0.25) is 0 Å². The Morgan fingerprint density at radius 1 is 1.04 bits per heavy atom. The first-order valence-electron chi connectivity index (χ1n) is 9.56. The van der Waals surface area contributed by atoms with Crippen molar-refractivity contribution in [3.63, 3.8) is 0 Å². The summed E-state index contributed by atoms with van der Waals surface area (Å²) < 4.78 is 0. The Labute approximate surface area is 149 Å². The van der Waals surface area contributed by atoms with Crippen LogP contribution in [0.2, 0.25) is 0 Å². The average molecular weight is 352 g/mol. The highest BCUT2D eigenvalue weighted by Crippen LogP contribution is 2.72. The topological polar surface area (TPSA) is 106 Å². The Morgan fingerprint density at radius 2 is 1.68 bits per heavy atom. The number of aliphatic hydroxyl groups excluding tert-OH is 1. The Bertz CT molecular complexity index is 617. The maximum Gasteiger partial charge on any atom is 0.309 e. The molecular formula is C20H32O5. The van der Waals surface area contributed by atoms with Crippen molar-refractivity contribution >= 4 is 11.8 Å². The number of fused-ring (bicyclic) bond motifs is 3. The summed E-state index contributed by atoms with van der Waals surface area (Å²) in [5.74, 6) is -0.00851. The van der Waals surface area contributed by atoms with Crippen LogP contribution in [-0.2, 0) is 9.59 Å². The van der Waals surface area contributed by atoms with Crippen LogP contribution in [0.15, 0.2) is 0 Å². The zero-order chi connectivity index (χ0) is 17.5. The fraction of sp³-hybridized carbons (Fsp3) is 0.900. The molecule has 5 heteroatoms. The molecule has 0 aromatic heterocycles. The fourth-order valence-electron chi connectivity index (χ4n) is 7.74. The van der Waals surface area contributed by atoms with Crippen LogP contribution in [0.3, 0.4) is 0 Å². The Hall–Kier alpha value is -0.940. The van der Waals surface area contributed by atoms with Gasteiger partial charge in [-0.1, -0.05) is 20.3 Å². The Balaban J connectivity index is 0.00000182. The van der Waals surface area contributed by atoms with Crippen molar-refractivity contribution in [1.82, 2.24) is 0 Å². The lowest BCUT2D eigenvalue weighted by molar-refractivity contribution is -0.205. The summed E-state index contributed by atoms with van der Waals surface area (Å²) in [4.78, 5) is 24.7. The third-order valence-electron chi connectivity index (χ3n) is 9.08. The molecule has 0 aliphatic heterocycles. The molecule has 0 aromatic rings. The molecule has 0 unspecified atom stereocenters. The van der Waals surface area contributed by atoms with E-state index >= 15 is 0 Å². The third-order valence-corrected chi connectivity index (χ3v) is 9.08. The minimum atomic E-state index is -0.668. The van der Waals surface area contributed by atoms with Crippen molar-refractivity contribution in [3.8, 4) is 0 Å². The second-order valence-electron chi connectivity index (χ2n) is 9.92. The van der Waals surface area contributed by atoms with Crippen molar-refractivity contribution in [2.75, 3.05) is 0 Å². The number of Topliss-reactive ketones (excluding diaryl/α,β-unsaturated/α-hetero) is 1. The second kappa shape index (κ2) is 5.29. The molecule has 0 saturated heterocycles. The second-order valence-corrected chi connectivity index (χ2v) is 9.92. The Kier molecular flexibility index (Phi) is 3.99. The van der Waals surface area contributed by atoms with E-state index in [9.17, 15) is 19.8 Å². The lowest BCUT2D eigenvalue weighted by atomic mass is 9.40. The number of carbonyl (C=O) groups is 2. The minimum Gasteiger partial charge on any atom is -0.481 e.